The Hall–Kier alpha value is 0.480. The van der Waals surface area contributed by atoms with Crippen LogP contribution in [0.3, 0.4) is 0 Å². The first-order valence-electron chi connectivity index (χ1n) is 5.70. The molecule has 1 aliphatic rings. The predicted molar refractivity (Wildman–Crippen MR) is 63.4 cm³/mol. The van der Waals surface area contributed by atoms with Crippen molar-refractivity contribution in [3.63, 3.8) is 0 Å². The van der Waals surface area contributed by atoms with E-state index in [1.807, 2.05) is 0 Å². The maximum Gasteiger partial charge on any atom is 0.0151 e. The first kappa shape index (κ1) is 11.6. The Labute approximate surface area is 91.6 Å². The molecule has 0 N–H and O–H groups in total. The first-order chi connectivity index (χ1) is 6.06. The molecule has 0 saturated heterocycles. The highest BCUT2D eigenvalue weighted by Gasteiger charge is 2.34. The third-order valence-corrected chi connectivity index (χ3v) is 4.18. The highest BCUT2D eigenvalue weighted by atomic mass is 79.9. The Kier molecular flexibility index (Phi) is 4.28. The number of hydrogen-bond donors (Lipinski definition) is 0. The van der Waals surface area contributed by atoms with E-state index in [1.165, 1.54) is 38.5 Å². The van der Waals surface area contributed by atoms with Crippen molar-refractivity contribution in [2.75, 3.05) is 0 Å². The van der Waals surface area contributed by atoms with Gasteiger partial charge in [0.1, 0.15) is 0 Å². The van der Waals surface area contributed by atoms with Crippen LogP contribution in [0.15, 0.2) is 0 Å². The summed E-state index contributed by atoms with van der Waals surface area (Å²) in [5.41, 5.74) is 0.642. The first-order valence-corrected chi connectivity index (χ1v) is 6.61. The standard InChI is InChI=1S/C12H23Br/c1-4-5-10(2)8-12(3)7-6-11(13)9-12/h10-11H,4-9H2,1-3H3. The van der Waals surface area contributed by atoms with E-state index in [2.05, 4.69) is 36.7 Å². The van der Waals surface area contributed by atoms with Gasteiger partial charge in [-0.1, -0.05) is 49.5 Å². The molecule has 78 valence electrons. The minimum Gasteiger partial charge on any atom is -0.0890 e. The lowest BCUT2D eigenvalue weighted by atomic mass is 9.79. The van der Waals surface area contributed by atoms with E-state index in [-0.39, 0.29) is 0 Å². The molecule has 1 aliphatic carbocycles. The minimum atomic E-state index is 0.642. The van der Waals surface area contributed by atoms with Crippen LogP contribution in [0.1, 0.15) is 59.3 Å². The molecule has 13 heavy (non-hydrogen) atoms. The Morgan fingerprint density at radius 1 is 1.54 bits per heavy atom. The summed E-state index contributed by atoms with van der Waals surface area (Å²) < 4.78 is 0. The van der Waals surface area contributed by atoms with Gasteiger partial charge in [0.25, 0.3) is 0 Å². The fourth-order valence-electron chi connectivity index (χ4n) is 2.87. The quantitative estimate of drug-likeness (QED) is 0.628. The molecule has 0 amide bonds. The van der Waals surface area contributed by atoms with Crippen LogP contribution in [-0.4, -0.2) is 4.83 Å². The number of rotatable bonds is 4. The Morgan fingerprint density at radius 3 is 2.69 bits per heavy atom. The van der Waals surface area contributed by atoms with Gasteiger partial charge in [0.05, 0.1) is 0 Å². The summed E-state index contributed by atoms with van der Waals surface area (Å²) in [5, 5.41) is 0. The smallest absolute Gasteiger partial charge is 0.0151 e. The van der Waals surface area contributed by atoms with E-state index in [0.29, 0.717) is 5.41 Å². The molecule has 0 radical (unpaired) electrons. The second kappa shape index (κ2) is 4.82. The summed E-state index contributed by atoms with van der Waals surface area (Å²) in [5.74, 6) is 0.924. The van der Waals surface area contributed by atoms with E-state index in [9.17, 15) is 0 Å². The van der Waals surface area contributed by atoms with Gasteiger partial charge in [-0.15, -0.1) is 0 Å². The summed E-state index contributed by atoms with van der Waals surface area (Å²) in [6, 6.07) is 0. The number of hydrogen-bond acceptors (Lipinski definition) is 0. The van der Waals surface area contributed by atoms with Crippen LogP contribution in [0, 0.1) is 11.3 Å². The molecule has 0 aromatic heterocycles. The monoisotopic (exact) mass is 246 g/mol. The average molecular weight is 247 g/mol. The summed E-state index contributed by atoms with van der Waals surface area (Å²) in [6.07, 6.45) is 8.38. The zero-order valence-corrected chi connectivity index (χ0v) is 10.9. The lowest BCUT2D eigenvalue weighted by Crippen LogP contribution is -2.16. The average Bonchev–Trinajstić information content (AvgIpc) is 2.30. The van der Waals surface area contributed by atoms with Crippen molar-refractivity contribution in [2.45, 2.75) is 64.1 Å². The third-order valence-electron chi connectivity index (χ3n) is 3.40. The molecule has 1 heteroatoms. The maximum atomic E-state index is 3.74. The van der Waals surface area contributed by atoms with Crippen LogP contribution in [0.5, 0.6) is 0 Å². The second-order valence-electron chi connectivity index (χ2n) is 5.25. The fraction of sp³-hybridized carbons (Fsp3) is 1.00. The van der Waals surface area contributed by atoms with Gasteiger partial charge in [-0.05, 0) is 37.0 Å². The van der Waals surface area contributed by atoms with Crippen molar-refractivity contribution in [2.24, 2.45) is 11.3 Å². The van der Waals surface area contributed by atoms with E-state index in [0.717, 1.165) is 10.7 Å². The van der Waals surface area contributed by atoms with Gasteiger partial charge in [-0.3, -0.25) is 0 Å². The van der Waals surface area contributed by atoms with Crippen molar-refractivity contribution in [1.29, 1.82) is 0 Å². The van der Waals surface area contributed by atoms with Gasteiger partial charge >= 0.3 is 0 Å². The zero-order valence-electron chi connectivity index (χ0n) is 9.28. The predicted octanol–water partition coefficient (Wildman–Crippen LogP) is 4.77. The highest BCUT2D eigenvalue weighted by Crippen LogP contribution is 2.45. The molecule has 0 heterocycles. The van der Waals surface area contributed by atoms with Crippen LogP contribution in [0.25, 0.3) is 0 Å². The number of halogens is 1. The van der Waals surface area contributed by atoms with Crippen molar-refractivity contribution in [1.82, 2.24) is 0 Å². The normalized spacial score (nSPS) is 36.5. The molecule has 0 spiro atoms. The van der Waals surface area contributed by atoms with Crippen molar-refractivity contribution < 1.29 is 0 Å². The molecular weight excluding hydrogens is 224 g/mol. The Balaban J connectivity index is 2.34. The van der Waals surface area contributed by atoms with Crippen molar-refractivity contribution in [3.8, 4) is 0 Å². The van der Waals surface area contributed by atoms with E-state index in [4.69, 9.17) is 0 Å². The molecule has 1 fully saturated rings. The van der Waals surface area contributed by atoms with E-state index >= 15 is 0 Å². The Morgan fingerprint density at radius 2 is 2.23 bits per heavy atom. The van der Waals surface area contributed by atoms with Gasteiger partial charge < -0.3 is 0 Å². The largest absolute Gasteiger partial charge is 0.0890 e. The van der Waals surface area contributed by atoms with Gasteiger partial charge in [0.15, 0.2) is 0 Å². The van der Waals surface area contributed by atoms with Gasteiger partial charge in [0.2, 0.25) is 0 Å². The van der Waals surface area contributed by atoms with Gasteiger partial charge in [0, 0.05) is 4.83 Å². The van der Waals surface area contributed by atoms with Crippen LogP contribution in [0.2, 0.25) is 0 Å². The second-order valence-corrected chi connectivity index (χ2v) is 6.54. The fourth-order valence-corrected chi connectivity index (χ4v) is 3.88. The Bertz CT molecular complexity index is 155. The molecule has 0 aromatic rings. The summed E-state index contributed by atoms with van der Waals surface area (Å²) in [7, 11) is 0. The molecule has 1 saturated carbocycles. The zero-order chi connectivity index (χ0) is 9.90. The minimum absolute atomic E-state index is 0.642. The molecule has 3 atom stereocenters. The van der Waals surface area contributed by atoms with Crippen molar-refractivity contribution >= 4 is 15.9 Å². The summed E-state index contributed by atoms with van der Waals surface area (Å²) in [6.45, 7) is 7.18. The molecule has 0 aromatic carbocycles. The van der Waals surface area contributed by atoms with Crippen LogP contribution < -0.4 is 0 Å². The summed E-state index contributed by atoms with van der Waals surface area (Å²) in [4.78, 5) is 0.798. The summed E-state index contributed by atoms with van der Waals surface area (Å²) >= 11 is 3.74. The van der Waals surface area contributed by atoms with Gasteiger partial charge in [-0.2, -0.15) is 0 Å². The van der Waals surface area contributed by atoms with Crippen LogP contribution in [-0.2, 0) is 0 Å². The molecule has 0 nitrogen and oxygen atoms in total. The molecular formula is C12H23Br. The van der Waals surface area contributed by atoms with Gasteiger partial charge in [-0.25, -0.2) is 0 Å². The SMILES string of the molecule is CCCC(C)CC1(C)CCC(Br)C1. The molecule has 0 aliphatic heterocycles. The highest BCUT2D eigenvalue weighted by molar-refractivity contribution is 9.09. The maximum absolute atomic E-state index is 3.74. The van der Waals surface area contributed by atoms with E-state index in [1.54, 1.807) is 0 Å². The third kappa shape index (κ3) is 3.61. The molecule has 0 bridgehead atoms. The lowest BCUT2D eigenvalue weighted by Gasteiger charge is -2.27. The van der Waals surface area contributed by atoms with Crippen molar-refractivity contribution in [3.05, 3.63) is 0 Å². The number of alkyl halides is 1. The molecule has 1 rings (SSSR count). The van der Waals surface area contributed by atoms with Crippen LogP contribution in [0.4, 0.5) is 0 Å². The van der Waals surface area contributed by atoms with Crippen LogP contribution >= 0.6 is 15.9 Å². The lowest BCUT2D eigenvalue weighted by molar-refractivity contribution is 0.248. The molecule has 3 unspecified atom stereocenters. The van der Waals surface area contributed by atoms with E-state index < -0.39 is 0 Å². The topological polar surface area (TPSA) is 0 Å².